The zero-order chi connectivity index (χ0) is 18.9. The van der Waals surface area contributed by atoms with Crippen molar-refractivity contribution in [2.24, 2.45) is 5.92 Å². The van der Waals surface area contributed by atoms with E-state index in [1.165, 1.54) is 5.56 Å². The van der Waals surface area contributed by atoms with Crippen LogP contribution in [0.1, 0.15) is 36.7 Å². The Labute approximate surface area is 165 Å². The van der Waals surface area contributed by atoms with Gasteiger partial charge in [0.15, 0.2) is 0 Å². The first-order valence-electron chi connectivity index (χ1n) is 10.4. The lowest BCUT2D eigenvalue weighted by Crippen LogP contribution is -2.46. The molecule has 5 rings (SSSR count). The summed E-state index contributed by atoms with van der Waals surface area (Å²) in [7, 11) is 0. The molecule has 9 heteroatoms. The highest BCUT2D eigenvalue weighted by Crippen LogP contribution is 2.37. The van der Waals surface area contributed by atoms with E-state index in [0.717, 1.165) is 57.2 Å². The van der Waals surface area contributed by atoms with Gasteiger partial charge in [-0.15, -0.1) is 0 Å². The Morgan fingerprint density at radius 1 is 1.14 bits per heavy atom. The molecule has 0 radical (unpaired) electrons. The number of piperidine rings is 1. The Morgan fingerprint density at radius 2 is 2.04 bits per heavy atom. The number of hydrazine groups is 1. The van der Waals surface area contributed by atoms with Crippen molar-refractivity contribution < 1.29 is 0 Å². The number of hydrogen-bond donors (Lipinski definition) is 4. The first kappa shape index (κ1) is 18.0. The molecule has 150 valence electrons. The summed E-state index contributed by atoms with van der Waals surface area (Å²) < 4.78 is 1.99. The maximum atomic E-state index is 4.98. The summed E-state index contributed by atoms with van der Waals surface area (Å²) in [6, 6.07) is 0.897. The van der Waals surface area contributed by atoms with Crippen LogP contribution in [0.25, 0.3) is 0 Å². The summed E-state index contributed by atoms with van der Waals surface area (Å²) in [5, 5.41) is 11.5. The fourth-order valence-electron chi connectivity index (χ4n) is 4.62. The highest BCUT2D eigenvalue weighted by Gasteiger charge is 2.42. The van der Waals surface area contributed by atoms with Gasteiger partial charge in [-0.05, 0) is 13.3 Å². The van der Waals surface area contributed by atoms with E-state index in [2.05, 4.69) is 49.6 Å². The molecule has 3 fully saturated rings. The number of aromatic nitrogens is 4. The third-order valence-electron chi connectivity index (χ3n) is 6.24. The van der Waals surface area contributed by atoms with Crippen LogP contribution in [0, 0.1) is 5.92 Å². The molecule has 3 aliphatic rings. The van der Waals surface area contributed by atoms with Gasteiger partial charge in [0.1, 0.15) is 5.82 Å². The molecule has 9 nitrogen and oxygen atoms in total. The van der Waals surface area contributed by atoms with Crippen LogP contribution < -0.4 is 26.4 Å². The molecule has 0 spiro atoms. The predicted octanol–water partition coefficient (Wildman–Crippen LogP) is -0.0291. The van der Waals surface area contributed by atoms with Crippen LogP contribution in [0.3, 0.4) is 0 Å². The minimum Gasteiger partial charge on any atom is -0.353 e. The predicted molar refractivity (Wildman–Crippen MR) is 107 cm³/mol. The largest absolute Gasteiger partial charge is 0.353 e. The number of hydrogen-bond acceptors (Lipinski definition) is 8. The van der Waals surface area contributed by atoms with Crippen LogP contribution in [0.5, 0.6) is 0 Å². The number of fused-ring (bicyclic) bond motifs is 1. The van der Waals surface area contributed by atoms with Crippen LogP contribution >= 0.6 is 0 Å². The van der Waals surface area contributed by atoms with Gasteiger partial charge in [-0.1, -0.05) is 0 Å². The Kier molecular flexibility index (Phi) is 4.98. The number of rotatable bonds is 4. The van der Waals surface area contributed by atoms with Gasteiger partial charge in [-0.2, -0.15) is 5.10 Å². The monoisotopic (exact) mass is 383 g/mol. The lowest BCUT2D eigenvalue weighted by Gasteiger charge is -2.34. The van der Waals surface area contributed by atoms with Gasteiger partial charge in [0, 0.05) is 69.0 Å². The molecule has 0 saturated carbocycles. The van der Waals surface area contributed by atoms with Crippen molar-refractivity contribution in [1.82, 2.24) is 41.2 Å². The van der Waals surface area contributed by atoms with Crippen molar-refractivity contribution in [3.05, 3.63) is 36.0 Å². The van der Waals surface area contributed by atoms with Crippen LogP contribution in [-0.4, -0.2) is 58.5 Å². The molecular formula is C19H29N9. The second kappa shape index (κ2) is 7.75. The Balaban J connectivity index is 1.34. The third kappa shape index (κ3) is 3.39. The second-order valence-electron chi connectivity index (χ2n) is 7.90. The average molecular weight is 384 g/mol. The Hall–Kier alpha value is -2.07. The molecule has 0 aliphatic carbocycles. The molecule has 0 aromatic carbocycles. The molecule has 0 bridgehead atoms. The highest BCUT2D eigenvalue weighted by atomic mass is 15.4. The van der Waals surface area contributed by atoms with Crippen molar-refractivity contribution >= 4 is 5.82 Å². The van der Waals surface area contributed by atoms with E-state index in [4.69, 9.17) is 4.98 Å². The summed E-state index contributed by atoms with van der Waals surface area (Å²) in [6.45, 7) is 7.91. The quantitative estimate of drug-likeness (QED) is 0.585. The van der Waals surface area contributed by atoms with Gasteiger partial charge in [-0.3, -0.25) is 15.1 Å². The van der Waals surface area contributed by atoms with Gasteiger partial charge in [0.05, 0.1) is 30.3 Å². The van der Waals surface area contributed by atoms with Crippen molar-refractivity contribution in [2.75, 3.05) is 37.6 Å². The van der Waals surface area contributed by atoms with E-state index in [1.807, 2.05) is 23.3 Å². The molecule has 2 aromatic rings. The van der Waals surface area contributed by atoms with E-state index in [1.54, 1.807) is 0 Å². The molecule has 4 atom stereocenters. The van der Waals surface area contributed by atoms with Gasteiger partial charge in [0.25, 0.3) is 0 Å². The molecular weight excluding hydrogens is 354 g/mol. The van der Waals surface area contributed by atoms with Crippen molar-refractivity contribution in [3.8, 4) is 0 Å². The summed E-state index contributed by atoms with van der Waals surface area (Å²) >= 11 is 0. The van der Waals surface area contributed by atoms with E-state index in [-0.39, 0.29) is 6.04 Å². The maximum absolute atomic E-state index is 4.98. The third-order valence-corrected chi connectivity index (χ3v) is 6.24. The molecule has 4 unspecified atom stereocenters. The van der Waals surface area contributed by atoms with Crippen LogP contribution in [-0.2, 0) is 6.54 Å². The van der Waals surface area contributed by atoms with E-state index < -0.39 is 0 Å². The fourth-order valence-corrected chi connectivity index (χ4v) is 4.62. The summed E-state index contributed by atoms with van der Waals surface area (Å²) in [5.74, 6) is 1.45. The Morgan fingerprint density at radius 3 is 2.86 bits per heavy atom. The van der Waals surface area contributed by atoms with E-state index >= 15 is 0 Å². The Bertz CT molecular complexity index is 800. The second-order valence-corrected chi connectivity index (χ2v) is 7.90. The SMILES string of the molecule is CCn1cc(C2CC3C(CN2)NNC3c2cncc(N3CCNCC3)n2)cn1. The van der Waals surface area contributed by atoms with Gasteiger partial charge in [-0.25, -0.2) is 10.4 Å². The number of aryl methyl sites for hydroxylation is 1. The van der Waals surface area contributed by atoms with Crippen LogP contribution in [0.4, 0.5) is 5.82 Å². The molecule has 3 saturated heterocycles. The van der Waals surface area contributed by atoms with Crippen molar-refractivity contribution in [2.45, 2.75) is 38.0 Å². The number of nitrogens with one attached hydrogen (secondary N) is 4. The lowest BCUT2D eigenvalue weighted by molar-refractivity contribution is 0.265. The summed E-state index contributed by atoms with van der Waals surface area (Å²) in [6.07, 6.45) is 9.01. The number of piperazine rings is 1. The van der Waals surface area contributed by atoms with E-state index in [0.29, 0.717) is 18.0 Å². The fraction of sp³-hybridized carbons (Fsp3) is 0.632. The smallest absolute Gasteiger partial charge is 0.147 e. The van der Waals surface area contributed by atoms with Gasteiger partial charge in [0.2, 0.25) is 0 Å². The molecule has 5 heterocycles. The molecule has 28 heavy (non-hydrogen) atoms. The average Bonchev–Trinajstić information content (AvgIpc) is 3.41. The zero-order valence-corrected chi connectivity index (χ0v) is 16.3. The van der Waals surface area contributed by atoms with Gasteiger partial charge < -0.3 is 15.5 Å². The molecule has 0 amide bonds. The number of anilines is 1. The standard InChI is InChI=1S/C19H29N9/c1-2-28-12-13(8-23-28)15-7-14-16(10-22-15)25-26-19(14)17-9-21-11-18(24-17)27-5-3-20-4-6-27/h8-9,11-12,14-16,19-20,22,25-26H,2-7,10H2,1H3. The summed E-state index contributed by atoms with van der Waals surface area (Å²) in [5.41, 5.74) is 9.26. The molecule has 4 N–H and O–H groups in total. The van der Waals surface area contributed by atoms with Crippen LogP contribution in [0.2, 0.25) is 0 Å². The normalized spacial score (nSPS) is 30.4. The zero-order valence-electron chi connectivity index (χ0n) is 16.3. The highest BCUT2D eigenvalue weighted by molar-refractivity contribution is 5.37. The maximum Gasteiger partial charge on any atom is 0.147 e. The topological polar surface area (TPSA) is 95.0 Å². The minimum atomic E-state index is 0.172. The van der Waals surface area contributed by atoms with Crippen molar-refractivity contribution in [1.29, 1.82) is 0 Å². The first-order chi connectivity index (χ1) is 13.8. The van der Waals surface area contributed by atoms with E-state index in [9.17, 15) is 0 Å². The first-order valence-corrected chi connectivity index (χ1v) is 10.4. The summed E-state index contributed by atoms with van der Waals surface area (Å²) in [4.78, 5) is 11.8. The molecule has 3 aliphatic heterocycles. The molecule has 2 aromatic heterocycles. The van der Waals surface area contributed by atoms with Crippen LogP contribution in [0.15, 0.2) is 24.8 Å². The lowest BCUT2D eigenvalue weighted by atomic mass is 9.82. The van der Waals surface area contributed by atoms with Crippen molar-refractivity contribution in [3.63, 3.8) is 0 Å². The van der Waals surface area contributed by atoms with Gasteiger partial charge >= 0.3 is 0 Å². The number of nitrogens with zero attached hydrogens (tertiary/aromatic N) is 5. The minimum absolute atomic E-state index is 0.172.